The Kier molecular flexibility index (Phi) is 4.49. The van der Waals surface area contributed by atoms with E-state index in [-0.39, 0.29) is 11.8 Å². The molecule has 4 nitrogen and oxygen atoms in total. The van der Waals surface area contributed by atoms with E-state index in [1.54, 1.807) is 6.21 Å². The summed E-state index contributed by atoms with van der Waals surface area (Å²) in [4.78, 5) is 11.4. The summed E-state index contributed by atoms with van der Waals surface area (Å²) in [6.45, 7) is 0.547. The zero-order chi connectivity index (χ0) is 15.2. The van der Waals surface area contributed by atoms with Crippen LogP contribution in [0.2, 0.25) is 0 Å². The van der Waals surface area contributed by atoms with Crippen LogP contribution >= 0.6 is 0 Å². The molecule has 1 aliphatic rings. The molecule has 3 rings (SSSR count). The number of nitrogens with one attached hydrogen (secondary N) is 1. The number of carbonyl (C=O) groups is 1. The number of ether oxygens (including phenoxy) is 1. The molecule has 1 saturated carbocycles. The topological polar surface area (TPSA) is 50.7 Å². The second-order valence-corrected chi connectivity index (χ2v) is 5.35. The Hall–Kier alpha value is -2.62. The Morgan fingerprint density at radius 2 is 1.86 bits per heavy atom. The molecule has 0 radical (unpaired) electrons. The van der Waals surface area contributed by atoms with E-state index in [1.807, 2.05) is 54.6 Å². The van der Waals surface area contributed by atoms with Crippen LogP contribution in [0.1, 0.15) is 24.0 Å². The van der Waals surface area contributed by atoms with Crippen LogP contribution in [0.4, 0.5) is 0 Å². The van der Waals surface area contributed by atoms with E-state index < -0.39 is 0 Å². The molecule has 112 valence electrons. The van der Waals surface area contributed by atoms with Gasteiger partial charge in [-0.05, 0) is 48.2 Å². The first-order chi connectivity index (χ1) is 10.8. The highest BCUT2D eigenvalue weighted by atomic mass is 16.5. The first kappa shape index (κ1) is 14.3. The molecule has 2 aromatic carbocycles. The summed E-state index contributed by atoms with van der Waals surface area (Å²) in [6.07, 6.45) is 3.60. The van der Waals surface area contributed by atoms with Crippen molar-refractivity contribution in [3.63, 3.8) is 0 Å². The summed E-state index contributed by atoms with van der Waals surface area (Å²) >= 11 is 0. The van der Waals surface area contributed by atoms with E-state index in [9.17, 15) is 4.79 Å². The van der Waals surface area contributed by atoms with Crippen molar-refractivity contribution in [2.45, 2.75) is 19.4 Å². The van der Waals surface area contributed by atoms with Crippen LogP contribution in [0.15, 0.2) is 59.7 Å². The summed E-state index contributed by atoms with van der Waals surface area (Å²) in [7, 11) is 0. The number of amides is 1. The second kappa shape index (κ2) is 6.89. The van der Waals surface area contributed by atoms with Crippen LogP contribution in [0.25, 0.3) is 0 Å². The van der Waals surface area contributed by atoms with Gasteiger partial charge >= 0.3 is 0 Å². The third kappa shape index (κ3) is 4.19. The lowest BCUT2D eigenvalue weighted by atomic mass is 10.2. The maximum absolute atomic E-state index is 11.4. The molecule has 0 aliphatic heterocycles. The Bertz CT molecular complexity index is 647. The van der Waals surface area contributed by atoms with Crippen molar-refractivity contribution in [3.05, 3.63) is 65.7 Å². The van der Waals surface area contributed by atoms with Crippen LogP contribution < -0.4 is 10.2 Å². The predicted molar refractivity (Wildman–Crippen MR) is 85.7 cm³/mol. The zero-order valence-electron chi connectivity index (χ0n) is 12.2. The molecule has 0 spiro atoms. The smallest absolute Gasteiger partial charge is 0.243 e. The fraction of sp³-hybridized carbons (Fsp3) is 0.222. The van der Waals surface area contributed by atoms with Crippen LogP contribution in [0.5, 0.6) is 5.75 Å². The number of hydrazone groups is 1. The molecule has 1 N–H and O–H groups in total. The van der Waals surface area contributed by atoms with E-state index in [4.69, 9.17) is 4.74 Å². The minimum atomic E-state index is 0.0130. The van der Waals surface area contributed by atoms with Gasteiger partial charge in [0.15, 0.2) is 0 Å². The molecule has 0 heterocycles. The lowest BCUT2D eigenvalue weighted by Gasteiger charge is -2.06. The molecular formula is C18H18N2O2. The van der Waals surface area contributed by atoms with Gasteiger partial charge in [-0.3, -0.25) is 4.79 Å². The van der Waals surface area contributed by atoms with Gasteiger partial charge in [0.05, 0.1) is 6.21 Å². The fourth-order valence-electron chi connectivity index (χ4n) is 2.00. The average Bonchev–Trinajstić information content (AvgIpc) is 3.40. The van der Waals surface area contributed by atoms with Crippen LogP contribution in [0, 0.1) is 5.92 Å². The molecule has 0 unspecified atom stereocenters. The number of nitrogens with zero attached hydrogens (tertiary/aromatic N) is 1. The maximum atomic E-state index is 11.4. The highest BCUT2D eigenvalue weighted by molar-refractivity contribution is 5.84. The van der Waals surface area contributed by atoms with Crippen LogP contribution in [0.3, 0.4) is 0 Å². The second-order valence-electron chi connectivity index (χ2n) is 5.35. The van der Waals surface area contributed by atoms with Crippen molar-refractivity contribution in [2.75, 3.05) is 0 Å². The normalized spacial score (nSPS) is 14.0. The monoisotopic (exact) mass is 294 g/mol. The van der Waals surface area contributed by atoms with Crippen molar-refractivity contribution in [1.29, 1.82) is 0 Å². The molecule has 1 amide bonds. The molecule has 4 heteroatoms. The van der Waals surface area contributed by atoms with E-state index in [0.29, 0.717) is 6.61 Å². The van der Waals surface area contributed by atoms with Gasteiger partial charge in [-0.1, -0.05) is 30.3 Å². The minimum absolute atomic E-state index is 0.0130. The van der Waals surface area contributed by atoms with Crippen LogP contribution in [-0.4, -0.2) is 12.1 Å². The first-order valence-electron chi connectivity index (χ1n) is 7.41. The third-order valence-corrected chi connectivity index (χ3v) is 3.46. The molecule has 0 bridgehead atoms. The van der Waals surface area contributed by atoms with Crippen molar-refractivity contribution >= 4 is 12.1 Å². The van der Waals surface area contributed by atoms with Gasteiger partial charge in [0, 0.05) is 5.92 Å². The summed E-state index contributed by atoms with van der Waals surface area (Å²) in [5.74, 6) is 0.994. The summed E-state index contributed by atoms with van der Waals surface area (Å²) < 4.78 is 5.72. The largest absolute Gasteiger partial charge is 0.489 e. The van der Waals surface area contributed by atoms with Crippen LogP contribution in [-0.2, 0) is 11.4 Å². The molecular weight excluding hydrogens is 276 g/mol. The lowest BCUT2D eigenvalue weighted by Crippen LogP contribution is -2.18. The Morgan fingerprint density at radius 1 is 1.14 bits per heavy atom. The zero-order valence-corrected chi connectivity index (χ0v) is 12.2. The van der Waals surface area contributed by atoms with E-state index in [0.717, 1.165) is 29.7 Å². The van der Waals surface area contributed by atoms with Crippen molar-refractivity contribution in [3.8, 4) is 5.75 Å². The maximum Gasteiger partial charge on any atom is 0.243 e. The predicted octanol–water partition coefficient (Wildman–Crippen LogP) is 3.13. The fourth-order valence-corrected chi connectivity index (χ4v) is 2.00. The Labute approximate surface area is 129 Å². The molecule has 1 fully saturated rings. The highest BCUT2D eigenvalue weighted by Gasteiger charge is 2.29. The highest BCUT2D eigenvalue weighted by Crippen LogP contribution is 2.28. The molecule has 0 saturated heterocycles. The summed E-state index contributed by atoms with van der Waals surface area (Å²) in [6, 6.07) is 17.6. The number of rotatable bonds is 6. The lowest BCUT2D eigenvalue weighted by molar-refractivity contribution is -0.122. The van der Waals surface area contributed by atoms with Gasteiger partial charge in [0.1, 0.15) is 12.4 Å². The van der Waals surface area contributed by atoms with Crippen molar-refractivity contribution in [2.24, 2.45) is 11.0 Å². The molecule has 2 aromatic rings. The molecule has 22 heavy (non-hydrogen) atoms. The Morgan fingerprint density at radius 3 is 2.55 bits per heavy atom. The van der Waals surface area contributed by atoms with Gasteiger partial charge in [0.25, 0.3) is 0 Å². The van der Waals surface area contributed by atoms with Crippen molar-refractivity contribution < 1.29 is 9.53 Å². The van der Waals surface area contributed by atoms with E-state index >= 15 is 0 Å². The number of carbonyl (C=O) groups excluding carboxylic acids is 1. The first-order valence-corrected chi connectivity index (χ1v) is 7.41. The van der Waals surface area contributed by atoms with E-state index in [1.165, 1.54) is 0 Å². The van der Waals surface area contributed by atoms with Gasteiger partial charge in [-0.2, -0.15) is 5.10 Å². The van der Waals surface area contributed by atoms with Gasteiger partial charge in [0.2, 0.25) is 5.91 Å². The van der Waals surface area contributed by atoms with E-state index in [2.05, 4.69) is 10.5 Å². The summed E-state index contributed by atoms with van der Waals surface area (Å²) in [5.41, 5.74) is 4.61. The van der Waals surface area contributed by atoms with Gasteiger partial charge in [-0.15, -0.1) is 0 Å². The Balaban J connectivity index is 1.49. The molecule has 1 aliphatic carbocycles. The summed E-state index contributed by atoms with van der Waals surface area (Å²) in [5, 5.41) is 3.96. The number of hydrogen-bond acceptors (Lipinski definition) is 3. The van der Waals surface area contributed by atoms with Gasteiger partial charge < -0.3 is 4.74 Å². The quantitative estimate of drug-likeness (QED) is 0.657. The number of hydrogen-bond donors (Lipinski definition) is 1. The minimum Gasteiger partial charge on any atom is -0.489 e. The average molecular weight is 294 g/mol. The molecule has 0 atom stereocenters. The van der Waals surface area contributed by atoms with Crippen molar-refractivity contribution in [1.82, 2.24) is 5.43 Å². The third-order valence-electron chi connectivity index (χ3n) is 3.46. The standard InChI is InChI=1S/C18H18N2O2/c21-18(16-8-9-16)20-19-12-14-6-10-17(11-7-14)22-13-15-4-2-1-3-5-15/h1-7,10-12,16H,8-9,13H2,(H,20,21). The molecule has 0 aromatic heterocycles. The SMILES string of the molecule is O=C(NN=Cc1ccc(OCc2ccccc2)cc1)C1CC1. The number of benzene rings is 2. The van der Waals surface area contributed by atoms with Gasteiger partial charge in [-0.25, -0.2) is 5.43 Å².